The van der Waals surface area contributed by atoms with Crippen LogP contribution in [0.15, 0.2) is 24.3 Å². The summed E-state index contributed by atoms with van der Waals surface area (Å²) in [6.07, 6.45) is 0. The minimum atomic E-state index is -4.19. The standard InChI is InChI=1S/C7H9NO.ClHO3S/c8-5-6-3-1-2-4-7(6)9;1-5(2,3)4/h1-4,9H,5,8H2;(H,2,3,4). The maximum absolute atomic E-state index is 9.03. The summed E-state index contributed by atoms with van der Waals surface area (Å²) in [5.74, 6) is 0.278. The molecule has 0 spiro atoms. The van der Waals surface area contributed by atoms with Crippen LogP contribution in [-0.4, -0.2) is 18.1 Å². The van der Waals surface area contributed by atoms with Crippen molar-refractivity contribution in [1.82, 2.24) is 0 Å². The Morgan fingerprint density at radius 2 is 1.79 bits per heavy atom. The molecular formula is C7H10ClNO4S. The zero-order valence-corrected chi connectivity index (χ0v) is 8.66. The van der Waals surface area contributed by atoms with Gasteiger partial charge in [-0.25, -0.2) is 0 Å². The van der Waals surface area contributed by atoms with E-state index in [9.17, 15) is 0 Å². The van der Waals surface area contributed by atoms with Crippen molar-refractivity contribution in [3.8, 4) is 5.75 Å². The van der Waals surface area contributed by atoms with E-state index in [1.54, 1.807) is 18.2 Å². The number of aromatic hydroxyl groups is 1. The van der Waals surface area contributed by atoms with Gasteiger partial charge in [0.05, 0.1) is 0 Å². The summed E-state index contributed by atoms with van der Waals surface area (Å²) in [5, 5.41) is 9.03. The topological polar surface area (TPSA) is 101 Å². The molecule has 0 aliphatic carbocycles. The quantitative estimate of drug-likeness (QED) is 0.499. The molecule has 0 bridgehead atoms. The van der Waals surface area contributed by atoms with Crippen molar-refractivity contribution in [2.75, 3.05) is 0 Å². The molecule has 7 heteroatoms. The van der Waals surface area contributed by atoms with E-state index in [0.29, 0.717) is 6.54 Å². The van der Waals surface area contributed by atoms with E-state index in [-0.39, 0.29) is 5.75 Å². The van der Waals surface area contributed by atoms with Crippen LogP contribution >= 0.6 is 10.7 Å². The van der Waals surface area contributed by atoms with Crippen LogP contribution in [-0.2, 0) is 15.9 Å². The summed E-state index contributed by atoms with van der Waals surface area (Å²) in [6.45, 7) is 0.396. The molecule has 0 atom stereocenters. The van der Waals surface area contributed by atoms with Crippen molar-refractivity contribution in [3.05, 3.63) is 29.8 Å². The van der Waals surface area contributed by atoms with Crippen molar-refractivity contribution in [2.45, 2.75) is 6.54 Å². The number of phenols is 1. The first kappa shape index (κ1) is 13.2. The van der Waals surface area contributed by atoms with Gasteiger partial charge in [-0.15, -0.1) is 0 Å². The van der Waals surface area contributed by atoms with Gasteiger partial charge in [-0.2, -0.15) is 8.42 Å². The Morgan fingerprint density at radius 1 is 1.36 bits per heavy atom. The largest absolute Gasteiger partial charge is 0.508 e. The lowest BCUT2D eigenvalue weighted by Gasteiger charge is -1.97. The molecule has 0 heterocycles. The average molecular weight is 240 g/mol. The summed E-state index contributed by atoms with van der Waals surface area (Å²) >= 11 is 0. The maximum Gasteiger partial charge on any atom is 0.353 e. The molecule has 14 heavy (non-hydrogen) atoms. The van der Waals surface area contributed by atoms with E-state index in [0.717, 1.165) is 5.56 Å². The smallest absolute Gasteiger partial charge is 0.353 e. The monoisotopic (exact) mass is 239 g/mol. The molecule has 0 aromatic heterocycles. The van der Waals surface area contributed by atoms with E-state index < -0.39 is 9.33 Å². The Labute approximate surface area is 86.4 Å². The number of hydrogen-bond acceptors (Lipinski definition) is 4. The zero-order valence-electron chi connectivity index (χ0n) is 7.09. The molecule has 0 unspecified atom stereocenters. The summed E-state index contributed by atoms with van der Waals surface area (Å²) in [7, 11) is -0.137. The summed E-state index contributed by atoms with van der Waals surface area (Å²) in [5.41, 5.74) is 6.08. The lowest BCUT2D eigenvalue weighted by atomic mass is 10.2. The molecule has 1 aromatic carbocycles. The van der Waals surface area contributed by atoms with Crippen LogP contribution in [0.1, 0.15) is 5.56 Å². The van der Waals surface area contributed by atoms with Crippen molar-refractivity contribution >= 4 is 20.0 Å². The van der Waals surface area contributed by atoms with E-state index >= 15 is 0 Å². The highest BCUT2D eigenvalue weighted by Crippen LogP contribution is 2.13. The van der Waals surface area contributed by atoms with Gasteiger partial charge in [0.2, 0.25) is 0 Å². The molecule has 80 valence electrons. The number of hydrogen-bond donors (Lipinski definition) is 3. The highest BCUT2D eigenvalue weighted by Gasteiger charge is 1.92. The normalized spacial score (nSPS) is 10.2. The fourth-order valence-electron chi connectivity index (χ4n) is 0.683. The highest BCUT2D eigenvalue weighted by molar-refractivity contribution is 8.09. The van der Waals surface area contributed by atoms with Crippen molar-refractivity contribution in [2.24, 2.45) is 5.73 Å². The molecule has 1 aromatic rings. The van der Waals surface area contributed by atoms with Crippen LogP contribution in [0.25, 0.3) is 0 Å². The van der Waals surface area contributed by atoms with Crippen molar-refractivity contribution in [3.63, 3.8) is 0 Å². The van der Waals surface area contributed by atoms with Gasteiger partial charge in [0, 0.05) is 22.8 Å². The third-order valence-electron chi connectivity index (χ3n) is 1.21. The second-order valence-electron chi connectivity index (χ2n) is 2.24. The first-order valence-electron chi connectivity index (χ1n) is 3.48. The molecule has 0 radical (unpaired) electrons. The molecule has 0 fully saturated rings. The van der Waals surface area contributed by atoms with Gasteiger partial charge < -0.3 is 10.8 Å². The molecule has 5 nitrogen and oxygen atoms in total. The Hall–Kier alpha value is -0.820. The highest BCUT2D eigenvalue weighted by atomic mass is 35.7. The van der Waals surface area contributed by atoms with Gasteiger partial charge in [-0.3, -0.25) is 4.55 Å². The number of rotatable bonds is 1. The Bertz CT molecular complexity index is 371. The van der Waals surface area contributed by atoms with E-state index in [2.05, 4.69) is 10.7 Å². The van der Waals surface area contributed by atoms with Crippen LogP contribution in [0, 0.1) is 0 Å². The second kappa shape index (κ2) is 5.82. The van der Waals surface area contributed by atoms with Crippen molar-refractivity contribution in [1.29, 1.82) is 0 Å². The lowest BCUT2D eigenvalue weighted by molar-refractivity contribution is 0.468. The number of nitrogens with two attached hydrogens (primary N) is 1. The van der Waals surface area contributed by atoms with Crippen molar-refractivity contribution < 1.29 is 18.1 Å². The average Bonchev–Trinajstić information content (AvgIpc) is 2.02. The predicted octanol–water partition coefficient (Wildman–Crippen LogP) is 0.879. The van der Waals surface area contributed by atoms with Gasteiger partial charge >= 0.3 is 9.33 Å². The Balaban J connectivity index is 0.000000292. The molecular weight excluding hydrogens is 230 g/mol. The summed E-state index contributed by atoms with van der Waals surface area (Å²) < 4.78 is 25.2. The fourth-order valence-corrected chi connectivity index (χ4v) is 0.683. The van der Waals surface area contributed by atoms with E-state index in [1.807, 2.05) is 6.07 Å². The second-order valence-corrected chi connectivity index (χ2v) is 4.24. The Kier molecular flexibility index (Phi) is 5.47. The molecule has 0 saturated heterocycles. The van der Waals surface area contributed by atoms with Gasteiger partial charge in [0.15, 0.2) is 0 Å². The van der Waals surface area contributed by atoms with Gasteiger partial charge in [-0.1, -0.05) is 18.2 Å². The number of para-hydroxylation sites is 1. The predicted molar refractivity (Wildman–Crippen MR) is 53.4 cm³/mol. The van der Waals surface area contributed by atoms with E-state index in [4.69, 9.17) is 23.8 Å². The minimum Gasteiger partial charge on any atom is -0.508 e. The van der Waals surface area contributed by atoms with Crippen LogP contribution in [0.3, 0.4) is 0 Å². The van der Waals surface area contributed by atoms with Gasteiger partial charge in [0.25, 0.3) is 0 Å². The SMILES string of the molecule is NCc1ccccc1O.O=S(=O)(O)Cl. The van der Waals surface area contributed by atoms with Crippen LogP contribution in [0.5, 0.6) is 5.75 Å². The molecule has 0 aliphatic rings. The summed E-state index contributed by atoms with van der Waals surface area (Å²) in [4.78, 5) is 0. The third kappa shape index (κ3) is 7.81. The fraction of sp³-hybridized carbons (Fsp3) is 0.143. The maximum atomic E-state index is 9.03. The minimum absolute atomic E-state index is 0.278. The van der Waals surface area contributed by atoms with Crippen LogP contribution in [0.4, 0.5) is 0 Å². The first-order chi connectivity index (χ1) is 6.34. The first-order valence-corrected chi connectivity index (χ1v) is 5.75. The molecule has 0 amide bonds. The molecule has 1 rings (SSSR count). The van der Waals surface area contributed by atoms with Crippen LogP contribution in [0.2, 0.25) is 0 Å². The Morgan fingerprint density at radius 3 is 2.07 bits per heavy atom. The van der Waals surface area contributed by atoms with Crippen LogP contribution < -0.4 is 5.73 Å². The number of halogens is 1. The molecule has 4 N–H and O–H groups in total. The summed E-state index contributed by atoms with van der Waals surface area (Å²) in [6, 6.07) is 7.05. The molecule has 0 aliphatic heterocycles. The number of phenolic OH excluding ortho intramolecular Hbond substituents is 1. The van der Waals surface area contributed by atoms with E-state index in [1.165, 1.54) is 0 Å². The lowest BCUT2D eigenvalue weighted by Crippen LogP contribution is -1.95. The number of benzene rings is 1. The molecule has 0 saturated carbocycles. The third-order valence-corrected chi connectivity index (χ3v) is 1.21. The zero-order chi connectivity index (χ0) is 11.2. The van der Waals surface area contributed by atoms with Gasteiger partial charge in [0.1, 0.15) is 5.75 Å². The van der Waals surface area contributed by atoms with Gasteiger partial charge in [-0.05, 0) is 6.07 Å².